The average molecular weight is 426 g/mol. The molecule has 0 aliphatic rings. The molecular formula is C22H23N3O4S. The Labute approximate surface area is 179 Å². The van der Waals surface area contributed by atoms with Crippen molar-refractivity contribution in [2.45, 2.75) is 26.3 Å². The summed E-state index contributed by atoms with van der Waals surface area (Å²) in [7, 11) is 0. The quantitative estimate of drug-likeness (QED) is 0.305. The van der Waals surface area contributed by atoms with Crippen LogP contribution in [-0.4, -0.2) is 17.6 Å². The van der Waals surface area contributed by atoms with Crippen molar-refractivity contribution in [2.24, 2.45) is 0 Å². The predicted octanol–water partition coefficient (Wildman–Crippen LogP) is 2.82. The number of carbonyl (C=O) groups is 1. The van der Waals surface area contributed by atoms with E-state index in [2.05, 4.69) is 16.2 Å². The molecule has 0 saturated carbocycles. The normalized spacial score (nSPS) is 10.4. The van der Waals surface area contributed by atoms with Gasteiger partial charge in [0.1, 0.15) is 11.3 Å². The van der Waals surface area contributed by atoms with Gasteiger partial charge in [-0.2, -0.15) is 0 Å². The second kappa shape index (κ2) is 10.4. The lowest BCUT2D eigenvalue weighted by Crippen LogP contribution is -2.48. The first-order valence-electron chi connectivity index (χ1n) is 9.61. The maximum absolute atomic E-state index is 12.0. The Morgan fingerprint density at radius 3 is 2.67 bits per heavy atom. The second-order valence-electron chi connectivity index (χ2n) is 6.63. The van der Waals surface area contributed by atoms with Crippen molar-refractivity contribution in [1.82, 2.24) is 16.2 Å². The number of hydrogen-bond acceptors (Lipinski definition) is 5. The summed E-state index contributed by atoms with van der Waals surface area (Å²) in [6.45, 7) is 2.37. The van der Waals surface area contributed by atoms with Gasteiger partial charge >= 0.3 is 5.63 Å². The molecule has 0 bridgehead atoms. The van der Waals surface area contributed by atoms with E-state index in [4.69, 9.17) is 21.4 Å². The number of fused-ring (bicyclic) bond motifs is 1. The molecule has 30 heavy (non-hydrogen) atoms. The number of hydrogen-bond donors (Lipinski definition) is 3. The highest BCUT2D eigenvalue weighted by Crippen LogP contribution is 2.23. The monoisotopic (exact) mass is 425 g/mol. The number of benzene rings is 2. The first kappa shape index (κ1) is 21.3. The highest BCUT2D eigenvalue weighted by molar-refractivity contribution is 7.80. The Hall–Kier alpha value is -3.39. The molecule has 3 N–H and O–H groups in total. The highest BCUT2D eigenvalue weighted by Gasteiger charge is 2.08. The molecule has 156 valence electrons. The predicted molar refractivity (Wildman–Crippen MR) is 119 cm³/mol. The summed E-state index contributed by atoms with van der Waals surface area (Å²) >= 11 is 5.13. The molecule has 0 atom stereocenters. The number of ether oxygens (including phenoxy) is 1. The zero-order valence-corrected chi connectivity index (χ0v) is 17.4. The van der Waals surface area contributed by atoms with Crippen molar-refractivity contribution in [1.29, 1.82) is 0 Å². The number of nitrogens with one attached hydrogen (secondary N) is 3. The smallest absolute Gasteiger partial charge is 0.336 e. The zero-order chi connectivity index (χ0) is 21.3. The molecule has 0 spiro atoms. The summed E-state index contributed by atoms with van der Waals surface area (Å²) in [6.07, 6.45) is 1.71. The van der Waals surface area contributed by atoms with Crippen LogP contribution in [0.3, 0.4) is 0 Å². The van der Waals surface area contributed by atoms with Crippen molar-refractivity contribution in [2.75, 3.05) is 6.61 Å². The molecule has 1 amide bonds. The summed E-state index contributed by atoms with van der Waals surface area (Å²) in [5, 5.41) is 4.15. The largest absolute Gasteiger partial charge is 0.484 e. The minimum absolute atomic E-state index is 0.224. The molecular weight excluding hydrogens is 402 g/mol. The van der Waals surface area contributed by atoms with Gasteiger partial charge in [0.05, 0.1) is 0 Å². The molecule has 0 radical (unpaired) electrons. The summed E-state index contributed by atoms with van der Waals surface area (Å²) in [5.74, 6) is 0.0272. The molecule has 1 aromatic heterocycles. The van der Waals surface area contributed by atoms with Crippen LogP contribution >= 0.6 is 12.2 Å². The number of hydrazine groups is 1. The van der Waals surface area contributed by atoms with Crippen LogP contribution in [0.5, 0.6) is 5.75 Å². The van der Waals surface area contributed by atoms with E-state index in [0.29, 0.717) is 23.0 Å². The fraction of sp³-hybridized carbons (Fsp3) is 0.227. The van der Waals surface area contributed by atoms with Gasteiger partial charge in [0.2, 0.25) is 0 Å². The third-order valence-corrected chi connectivity index (χ3v) is 4.55. The lowest BCUT2D eigenvalue weighted by Gasteiger charge is -2.12. The molecule has 0 aliphatic heterocycles. The number of thiocarbonyl (C=S) groups is 1. The first-order chi connectivity index (χ1) is 14.5. The van der Waals surface area contributed by atoms with E-state index in [9.17, 15) is 9.59 Å². The van der Waals surface area contributed by atoms with Gasteiger partial charge in [-0.05, 0) is 41.9 Å². The molecule has 3 aromatic rings. The lowest BCUT2D eigenvalue weighted by atomic mass is 10.1. The maximum atomic E-state index is 12.0. The highest BCUT2D eigenvalue weighted by atomic mass is 32.1. The summed E-state index contributed by atoms with van der Waals surface area (Å²) in [6, 6.07) is 16.5. The SMILES string of the molecule is CCCc1cc(=O)oc2cc(OCC(=O)NNC(=S)NCc3ccccc3)ccc12. The van der Waals surface area contributed by atoms with E-state index in [1.807, 2.05) is 43.3 Å². The maximum Gasteiger partial charge on any atom is 0.336 e. The van der Waals surface area contributed by atoms with Crippen LogP contribution in [0.25, 0.3) is 11.0 Å². The van der Waals surface area contributed by atoms with E-state index < -0.39 is 11.5 Å². The minimum atomic E-state index is -0.403. The Morgan fingerprint density at radius 1 is 1.10 bits per heavy atom. The van der Waals surface area contributed by atoms with Crippen molar-refractivity contribution < 1.29 is 13.9 Å². The summed E-state index contributed by atoms with van der Waals surface area (Å²) in [4.78, 5) is 23.7. The Balaban J connectivity index is 1.49. The van der Waals surface area contributed by atoms with Crippen LogP contribution in [-0.2, 0) is 17.8 Å². The van der Waals surface area contributed by atoms with Crippen LogP contribution in [0.1, 0.15) is 24.5 Å². The molecule has 0 unspecified atom stereocenters. The third kappa shape index (κ3) is 6.05. The second-order valence-corrected chi connectivity index (χ2v) is 7.04. The molecule has 7 nitrogen and oxygen atoms in total. The van der Waals surface area contributed by atoms with E-state index in [-0.39, 0.29) is 6.61 Å². The summed E-state index contributed by atoms with van der Waals surface area (Å²) in [5.41, 5.74) is 7.14. The van der Waals surface area contributed by atoms with E-state index in [1.54, 1.807) is 12.1 Å². The molecule has 3 rings (SSSR count). The molecule has 2 aromatic carbocycles. The molecule has 0 saturated heterocycles. The van der Waals surface area contributed by atoms with Gasteiger partial charge in [0, 0.05) is 24.1 Å². The van der Waals surface area contributed by atoms with Gasteiger partial charge in [-0.1, -0.05) is 43.7 Å². The van der Waals surface area contributed by atoms with E-state index in [0.717, 1.165) is 29.4 Å². The molecule has 0 aliphatic carbocycles. The lowest BCUT2D eigenvalue weighted by molar-refractivity contribution is -0.123. The fourth-order valence-corrected chi connectivity index (χ4v) is 3.03. The van der Waals surface area contributed by atoms with Crippen LogP contribution in [0.4, 0.5) is 0 Å². The van der Waals surface area contributed by atoms with Crippen molar-refractivity contribution in [3.05, 3.63) is 76.1 Å². The van der Waals surface area contributed by atoms with Gasteiger partial charge in [-0.15, -0.1) is 0 Å². The molecule has 8 heteroatoms. The topological polar surface area (TPSA) is 92.6 Å². The van der Waals surface area contributed by atoms with E-state index in [1.165, 1.54) is 6.07 Å². The number of aryl methyl sites for hydroxylation is 1. The van der Waals surface area contributed by atoms with Gasteiger partial charge in [-0.3, -0.25) is 15.6 Å². The third-order valence-electron chi connectivity index (χ3n) is 4.30. The first-order valence-corrected chi connectivity index (χ1v) is 10.0. The number of carbonyl (C=O) groups excluding carboxylic acids is 1. The fourth-order valence-electron chi connectivity index (χ4n) is 2.91. The van der Waals surface area contributed by atoms with Gasteiger partial charge in [0.25, 0.3) is 5.91 Å². The van der Waals surface area contributed by atoms with Crippen molar-refractivity contribution >= 4 is 34.2 Å². The van der Waals surface area contributed by atoms with Crippen LogP contribution < -0.4 is 26.5 Å². The van der Waals surface area contributed by atoms with Gasteiger partial charge < -0.3 is 14.5 Å². The van der Waals surface area contributed by atoms with Crippen LogP contribution in [0, 0.1) is 0 Å². The Morgan fingerprint density at radius 2 is 1.90 bits per heavy atom. The van der Waals surface area contributed by atoms with E-state index >= 15 is 0 Å². The van der Waals surface area contributed by atoms with Crippen LogP contribution in [0.2, 0.25) is 0 Å². The Kier molecular flexibility index (Phi) is 7.40. The minimum Gasteiger partial charge on any atom is -0.484 e. The zero-order valence-electron chi connectivity index (χ0n) is 16.6. The Bertz CT molecular complexity index is 1080. The molecule has 0 fully saturated rings. The van der Waals surface area contributed by atoms with Crippen LogP contribution in [0.15, 0.2) is 63.8 Å². The molecule has 1 heterocycles. The summed E-state index contributed by atoms with van der Waals surface area (Å²) < 4.78 is 10.8. The van der Waals surface area contributed by atoms with Gasteiger partial charge in [0.15, 0.2) is 11.7 Å². The number of amides is 1. The average Bonchev–Trinajstić information content (AvgIpc) is 2.75. The van der Waals surface area contributed by atoms with Gasteiger partial charge in [-0.25, -0.2) is 4.79 Å². The van der Waals surface area contributed by atoms with Crippen molar-refractivity contribution in [3.63, 3.8) is 0 Å². The van der Waals surface area contributed by atoms with Crippen molar-refractivity contribution in [3.8, 4) is 5.75 Å². The standard InChI is InChI=1S/C22H23N3O4S/c1-2-6-16-11-21(27)29-19-12-17(9-10-18(16)19)28-14-20(26)24-25-22(30)23-13-15-7-4-3-5-8-15/h3-5,7-12H,2,6,13-14H2,1H3,(H,24,26)(H2,23,25,30). The number of rotatable bonds is 7.